The molecule has 6 nitrogen and oxygen atoms in total. The van der Waals surface area contributed by atoms with Crippen LogP contribution in [0.4, 0.5) is 0 Å². The first-order valence-electron chi connectivity index (χ1n) is 13.3. The SMILES string of the molecule is CCc1cccc(CC)c1-c1cc(Oc2ccc(C(N)=O)c(O)c2)c(CN2C[C@@H](C)C[C@H](C)C2)c(C)n1. The first-order valence-corrected chi connectivity index (χ1v) is 13.3. The highest BCUT2D eigenvalue weighted by molar-refractivity contribution is 5.95. The number of aromatic nitrogens is 1. The van der Waals surface area contributed by atoms with Crippen LogP contribution in [0.3, 0.4) is 0 Å². The van der Waals surface area contributed by atoms with Crippen molar-refractivity contribution in [2.75, 3.05) is 13.1 Å². The standard InChI is InChI=1S/C31H39N3O3/c1-6-22-9-8-10-23(7-2)30(22)27-15-29(37-24-11-12-25(31(32)36)28(35)14-24)26(21(5)33-27)18-34-16-19(3)13-20(4)17-34/h8-12,14-15,19-20,35H,6-7,13,16-18H2,1-5H3,(H2,32,36)/t19-,20-/m0/s1. The number of pyridine rings is 1. The van der Waals surface area contributed by atoms with E-state index in [0.29, 0.717) is 23.3 Å². The van der Waals surface area contributed by atoms with Gasteiger partial charge in [0.25, 0.3) is 5.91 Å². The Bertz CT molecular complexity index is 1250. The predicted octanol–water partition coefficient (Wildman–Crippen LogP) is 6.26. The predicted molar refractivity (Wildman–Crippen MR) is 148 cm³/mol. The van der Waals surface area contributed by atoms with Gasteiger partial charge in [-0.25, -0.2) is 0 Å². The number of rotatable bonds is 8. The van der Waals surface area contributed by atoms with Crippen molar-refractivity contribution >= 4 is 5.91 Å². The van der Waals surface area contributed by atoms with Gasteiger partial charge in [0.15, 0.2) is 0 Å². The molecular weight excluding hydrogens is 462 g/mol. The summed E-state index contributed by atoms with van der Waals surface area (Å²) in [4.78, 5) is 19.2. The number of phenols is 1. The first kappa shape index (κ1) is 26.7. The molecule has 3 N–H and O–H groups in total. The molecule has 2 atom stereocenters. The number of hydrogen-bond acceptors (Lipinski definition) is 5. The third-order valence-corrected chi connectivity index (χ3v) is 7.33. The zero-order chi connectivity index (χ0) is 26.7. The molecule has 0 saturated carbocycles. The minimum absolute atomic E-state index is 0.0694. The molecule has 0 spiro atoms. The smallest absolute Gasteiger partial charge is 0.252 e. The Morgan fingerprint density at radius 3 is 2.30 bits per heavy atom. The number of aromatic hydroxyl groups is 1. The van der Waals surface area contributed by atoms with E-state index in [-0.39, 0.29) is 11.3 Å². The van der Waals surface area contributed by atoms with Gasteiger partial charge in [0.2, 0.25) is 0 Å². The molecule has 0 radical (unpaired) electrons. The minimum Gasteiger partial charge on any atom is -0.507 e. The van der Waals surface area contributed by atoms with Crippen molar-refractivity contribution in [1.29, 1.82) is 0 Å². The van der Waals surface area contributed by atoms with E-state index in [1.807, 2.05) is 6.07 Å². The third-order valence-electron chi connectivity index (χ3n) is 7.33. The molecule has 1 aromatic heterocycles. The molecule has 3 aromatic rings. The maximum atomic E-state index is 11.6. The van der Waals surface area contributed by atoms with E-state index < -0.39 is 5.91 Å². The lowest BCUT2D eigenvalue weighted by atomic mass is 9.91. The van der Waals surface area contributed by atoms with Crippen LogP contribution in [0.5, 0.6) is 17.2 Å². The number of likely N-dealkylation sites (tertiary alicyclic amines) is 1. The molecule has 1 saturated heterocycles. The third kappa shape index (κ3) is 5.96. The topological polar surface area (TPSA) is 88.7 Å². The molecule has 6 heteroatoms. The average Bonchev–Trinajstić information content (AvgIpc) is 2.84. The molecule has 1 aliphatic heterocycles. The van der Waals surface area contributed by atoms with Crippen molar-refractivity contribution in [3.8, 4) is 28.5 Å². The van der Waals surface area contributed by atoms with E-state index in [0.717, 1.165) is 49.4 Å². The summed E-state index contributed by atoms with van der Waals surface area (Å²) in [6, 6.07) is 13.1. The van der Waals surface area contributed by atoms with Crippen LogP contribution in [0.25, 0.3) is 11.3 Å². The van der Waals surface area contributed by atoms with Crippen LogP contribution in [0.1, 0.15) is 66.9 Å². The fourth-order valence-electron chi connectivity index (χ4n) is 5.71. The van der Waals surface area contributed by atoms with Crippen LogP contribution < -0.4 is 10.5 Å². The Morgan fingerprint density at radius 2 is 1.73 bits per heavy atom. The van der Waals surface area contributed by atoms with Crippen molar-refractivity contribution < 1.29 is 14.6 Å². The highest BCUT2D eigenvalue weighted by Gasteiger charge is 2.25. The van der Waals surface area contributed by atoms with E-state index in [2.05, 4.69) is 57.7 Å². The fraction of sp³-hybridized carbons (Fsp3) is 0.419. The minimum atomic E-state index is -0.677. The van der Waals surface area contributed by atoms with Crippen molar-refractivity contribution in [3.63, 3.8) is 0 Å². The molecule has 0 unspecified atom stereocenters. The molecule has 1 aliphatic rings. The first-order chi connectivity index (χ1) is 17.7. The van der Waals surface area contributed by atoms with Gasteiger partial charge in [-0.2, -0.15) is 0 Å². The van der Waals surface area contributed by atoms with Gasteiger partial charge in [0.05, 0.1) is 11.3 Å². The number of nitrogens with two attached hydrogens (primary N) is 1. The van der Waals surface area contributed by atoms with Crippen LogP contribution in [0, 0.1) is 18.8 Å². The van der Waals surface area contributed by atoms with Crippen LogP contribution in [0.2, 0.25) is 0 Å². The fourth-order valence-corrected chi connectivity index (χ4v) is 5.71. The summed E-state index contributed by atoms with van der Waals surface area (Å²) in [5, 5.41) is 10.4. The van der Waals surface area contributed by atoms with Crippen molar-refractivity contribution in [1.82, 2.24) is 9.88 Å². The summed E-state index contributed by atoms with van der Waals surface area (Å²) < 4.78 is 6.43. The molecule has 2 aromatic carbocycles. The second-order valence-electron chi connectivity index (χ2n) is 10.5. The maximum Gasteiger partial charge on any atom is 0.252 e. The summed E-state index contributed by atoms with van der Waals surface area (Å²) in [6.07, 6.45) is 3.07. The van der Waals surface area contributed by atoms with Gasteiger partial charge in [0, 0.05) is 48.6 Å². The summed E-state index contributed by atoms with van der Waals surface area (Å²) in [5.74, 6) is 1.57. The quantitative estimate of drug-likeness (QED) is 0.380. The summed E-state index contributed by atoms with van der Waals surface area (Å²) in [6.45, 7) is 13.8. The molecule has 37 heavy (non-hydrogen) atoms. The highest BCUT2D eigenvalue weighted by atomic mass is 16.5. The number of piperidine rings is 1. The van der Waals surface area contributed by atoms with Crippen LogP contribution in [-0.4, -0.2) is 34.0 Å². The van der Waals surface area contributed by atoms with Crippen LogP contribution >= 0.6 is 0 Å². The van der Waals surface area contributed by atoms with E-state index in [4.69, 9.17) is 15.5 Å². The van der Waals surface area contributed by atoms with Crippen molar-refractivity contribution in [2.45, 2.75) is 60.4 Å². The summed E-state index contributed by atoms with van der Waals surface area (Å²) in [7, 11) is 0. The Hall–Kier alpha value is -3.38. The molecule has 2 heterocycles. The van der Waals surface area contributed by atoms with Gasteiger partial charge in [0.1, 0.15) is 17.2 Å². The van der Waals surface area contributed by atoms with Crippen LogP contribution in [0.15, 0.2) is 42.5 Å². The van der Waals surface area contributed by atoms with Crippen molar-refractivity contribution in [2.24, 2.45) is 17.6 Å². The van der Waals surface area contributed by atoms with Crippen molar-refractivity contribution in [3.05, 3.63) is 70.4 Å². The van der Waals surface area contributed by atoms with Gasteiger partial charge in [-0.15, -0.1) is 0 Å². The largest absolute Gasteiger partial charge is 0.507 e. The number of aryl methyl sites for hydroxylation is 3. The molecule has 1 amide bonds. The number of hydrogen-bond donors (Lipinski definition) is 2. The maximum absolute atomic E-state index is 11.6. The molecule has 4 rings (SSSR count). The van der Waals surface area contributed by atoms with Gasteiger partial charge < -0.3 is 15.6 Å². The zero-order valence-electron chi connectivity index (χ0n) is 22.7. The second kappa shape index (κ2) is 11.3. The van der Waals surface area contributed by atoms with Crippen LogP contribution in [-0.2, 0) is 19.4 Å². The number of amides is 1. The Morgan fingerprint density at radius 1 is 1.08 bits per heavy atom. The number of ether oxygens (including phenoxy) is 1. The number of primary amides is 1. The number of carbonyl (C=O) groups excluding carboxylic acids is 1. The Balaban J connectivity index is 1.81. The molecule has 0 bridgehead atoms. The van der Waals surface area contributed by atoms with Gasteiger partial charge in [-0.05, 0) is 61.3 Å². The van der Waals surface area contributed by atoms with E-state index in [1.165, 1.54) is 35.2 Å². The zero-order valence-corrected chi connectivity index (χ0v) is 22.7. The van der Waals surface area contributed by atoms with E-state index in [1.54, 1.807) is 6.07 Å². The van der Waals surface area contributed by atoms with E-state index >= 15 is 0 Å². The monoisotopic (exact) mass is 501 g/mol. The number of benzene rings is 2. The Labute approximate surface area is 220 Å². The average molecular weight is 502 g/mol. The van der Waals surface area contributed by atoms with Gasteiger partial charge >= 0.3 is 0 Å². The molecule has 196 valence electrons. The van der Waals surface area contributed by atoms with E-state index in [9.17, 15) is 9.90 Å². The number of carbonyl (C=O) groups is 1. The van der Waals surface area contributed by atoms with Gasteiger partial charge in [-0.1, -0.05) is 45.9 Å². The lowest BCUT2D eigenvalue weighted by Gasteiger charge is -2.35. The lowest BCUT2D eigenvalue weighted by Crippen LogP contribution is -2.38. The normalized spacial score (nSPS) is 18.1. The highest BCUT2D eigenvalue weighted by Crippen LogP contribution is 2.37. The molecule has 0 aliphatic carbocycles. The lowest BCUT2D eigenvalue weighted by molar-refractivity contribution is 0.0997. The second-order valence-corrected chi connectivity index (χ2v) is 10.5. The summed E-state index contributed by atoms with van der Waals surface area (Å²) in [5.41, 5.74) is 12.0. The molecule has 1 fully saturated rings. The summed E-state index contributed by atoms with van der Waals surface area (Å²) >= 11 is 0. The Kier molecular flexibility index (Phi) is 8.18. The molecular formula is C31H39N3O3. The van der Waals surface area contributed by atoms with Gasteiger partial charge in [-0.3, -0.25) is 14.7 Å². The number of nitrogens with zero attached hydrogens (tertiary/aromatic N) is 2.